The predicted octanol–water partition coefficient (Wildman–Crippen LogP) is -0.618. The number of amides is 4. The average molecular weight is 478 g/mol. The van der Waals surface area contributed by atoms with E-state index in [1.165, 1.54) is 9.80 Å². The Bertz CT molecular complexity index is 863. The smallest absolute Gasteiger partial charge is 0.326 e. The molecule has 0 aliphatic carbocycles. The maximum absolute atomic E-state index is 13.6. The highest BCUT2D eigenvalue weighted by Crippen LogP contribution is 2.30. The highest BCUT2D eigenvalue weighted by molar-refractivity contribution is 5.96. The van der Waals surface area contributed by atoms with E-state index in [4.69, 9.17) is 5.73 Å². The fourth-order valence-corrected chi connectivity index (χ4v) is 5.98. The molecular formula is C23H35N5O6. The number of hydrogen-bond donors (Lipinski definition) is 2. The number of likely N-dealkylation sites (tertiary alicyclic amines) is 4. The van der Waals surface area contributed by atoms with E-state index in [1.54, 1.807) is 16.7 Å². The minimum Gasteiger partial charge on any atom is -0.480 e. The Kier molecular flexibility index (Phi) is 7.11. The lowest BCUT2D eigenvalue weighted by molar-refractivity contribution is -0.154. The van der Waals surface area contributed by atoms with Crippen molar-refractivity contribution in [2.75, 3.05) is 26.2 Å². The van der Waals surface area contributed by atoms with E-state index >= 15 is 0 Å². The van der Waals surface area contributed by atoms with E-state index in [9.17, 15) is 29.1 Å². The molecule has 34 heavy (non-hydrogen) atoms. The number of carbonyl (C=O) groups is 5. The molecule has 4 amide bonds. The van der Waals surface area contributed by atoms with Crippen molar-refractivity contribution in [1.29, 1.82) is 0 Å². The van der Waals surface area contributed by atoms with Crippen LogP contribution >= 0.6 is 0 Å². The number of nitrogens with zero attached hydrogens (tertiary/aromatic N) is 4. The number of carbonyl (C=O) groups excluding carboxylic acids is 4. The van der Waals surface area contributed by atoms with E-state index in [-0.39, 0.29) is 23.6 Å². The van der Waals surface area contributed by atoms with Gasteiger partial charge in [-0.25, -0.2) is 4.79 Å². The second-order valence-electron chi connectivity index (χ2n) is 9.89. The standard InChI is InChI=1S/C23H35N5O6/c1-14(24)19(29)25-10-2-6-15(25)20(30)26-11-3-7-16(26)21(31)27-12-4-8-17(27)22(32)28-13-5-9-18(28)23(33)34/h14-18H,2-13,24H2,1H3,(H,33,34)/t14-,15-,16-,17-,18-/m0/s1. The topological polar surface area (TPSA) is 145 Å². The van der Waals surface area contributed by atoms with Crippen LogP contribution in [0.4, 0.5) is 0 Å². The quantitative estimate of drug-likeness (QED) is 0.537. The monoisotopic (exact) mass is 477 g/mol. The van der Waals surface area contributed by atoms with Crippen molar-refractivity contribution in [1.82, 2.24) is 19.6 Å². The molecule has 4 saturated heterocycles. The third kappa shape index (κ3) is 4.37. The maximum atomic E-state index is 13.6. The molecule has 0 spiro atoms. The molecule has 4 fully saturated rings. The van der Waals surface area contributed by atoms with Crippen LogP contribution in [0, 0.1) is 0 Å². The Labute approximate surface area is 199 Å². The molecule has 0 saturated carbocycles. The molecule has 188 valence electrons. The first-order valence-electron chi connectivity index (χ1n) is 12.4. The Morgan fingerprint density at radius 2 is 0.971 bits per heavy atom. The van der Waals surface area contributed by atoms with Crippen LogP contribution in [0.3, 0.4) is 0 Å². The van der Waals surface area contributed by atoms with Crippen LogP contribution in [0.2, 0.25) is 0 Å². The molecule has 4 aliphatic heterocycles. The highest BCUT2D eigenvalue weighted by atomic mass is 16.4. The van der Waals surface area contributed by atoms with Gasteiger partial charge < -0.3 is 30.4 Å². The molecule has 0 aromatic rings. The molecule has 4 aliphatic rings. The van der Waals surface area contributed by atoms with Gasteiger partial charge in [-0.2, -0.15) is 0 Å². The lowest BCUT2D eigenvalue weighted by Gasteiger charge is -2.35. The van der Waals surface area contributed by atoms with E-state index in [0.717, 1.165) is 0 Å². The van der Waals surface area contributed by atoms with E-state index in [2.05, 4.69) is 0 Å². The van der Waals surface area contributed by atoms with E-state index in [0.29, 0.717) is 77.5 Å². The fourth-order valence-electron chi connectivity index (χ4n) is 5.98. The summed E-state index contributed by atoms with van der Waals surface area (Å²) < 4.78 is 0. The van der Waals surface area contributed by atoms with Gasteiger partial charge in [0.1, 0.15) is 24.2 Å². The average Bonchev–Trinajstić information content (AvgIpc) is 3.62. The van der Waals surface area contributed by atoms with E-state index in [1.807, 2.05) is 0 Å². The zero-order valence-electron chi connectivity index (χ0n) is 19.7. The number of hydrogen-bond acceptors (Lipinski definition) is 6. The summed E-state index contributed by atoms with van der Waals surface area (Å²) in [4.78, 5) is 70.4. The first kappa shape index (κ1) is 24.4. The molecule has 0 aromatic heterocycles. The number of carboxylic acid groups (broad SMARTS) is 1. The van der Waals surface area contributed by atoms with Crippen molar-refractivity contribution in [2.45, 2.75) is 88.5 Å². The lowest BCUT2D eigenvalue weighted by atomic mass is 10.1. The first-order chi connectivity index (χ1) is 16.2. The Balaban J connectivity index is 1.47. The van der Waals surface area contributed by atoms with Crippen LogP contribution in [0.5, 0.6) is 0 Å². The first-order valence-corrected chi connectivity index (χ1v) is 12.4. The van der Waals surface area contributed by atoms with Crippen LogP contribution in [0.1, 0.15) is 58.3 Å². The second kappa shape index (κ2) is 9.89. The largest absolute Gasteiger partial charge is 0.480 e. The van der Waals surface area contributed by atoms with Crippen molar-refractivity contribution < 1.29 is 29.1 Å². The molecule has 0 aromatic carbocycles. The Morgan fingerprint density at radius 1 is 0.647 bits per heavy atom. The fraction of sp³-hybridized carbons (Fsp3) is 0.783. The molecule has 0 unspecified atom stereocenters. The minimum absolute atomic E-state index is 0.227. The van der Waals surface area contributed by atoms with Crippen molar-refractivity contribution in [3.8, 4) is 0 Å². The van der Waals surface area contributed by atoms with Gasteiger partial charge >= 0.3 is 5.97 Å². The molecule has 4 rings (SSSR count). The molecule has 4 heterocycles. The molecule has 5 atom stereocenters. The van der Waals surface area contributed by atoms with Crippen LogP contribution < -0.4 is 5.73 Å². The Hall–Kier alpha value is -2.69. The SMILES string of the molecule is C[C@H](N)C(=O)N1CCC[C@H]1C(=O)N1CCC[C@H]1C(=O)N1CCC[C@H]1C(=O)N1CCC[C@H]1C(=O)O. The predicted molar refractivity (Wildman–Crippen MR) is 120 cm³/mol. The van der Waals surface area contributed by atoms with Gasteiger partial charge in [-0.15, -0.1) is 0 Å². The summed E-state index contributed by atoms with van der Waals surface area (Å²) in [6.45, 7) is 3.31. The Morgan fingerprint density at radius 3 is 1.35 bits per heavy atom. The summed E-state index contributed by atoms with van der Waals surface area (Å²) in [6.07, 6.45) is 4.65. The van der Waals surface area contributed by atoms with Crippen LogP contribution in [-0.4, -0.2) is 111 Å². The molecule has 3 N–H and O–H groups in total. The van der Waals surface area contributed by atoms with Crippen LogP contribution in [0.15, 0.2) is 0 Å². The summed E-state index contributed by atoms with van der Waals surface area (Å²) in [7, 11) is 0. The third-order valence-corrected chi connectivity index (χ3v) is 7.67. The van der Waals surface area contributed by atoms with Crippen LogP contribution in [0.25, 0.3) is 0 Å². The normalized spacial score (nSPS) is 30.2. The minimum atomic E-state index is -1.02. The van der Waals surface area contributed by atoms with E-state index < -0.39 is 36.2 Å². The molecule has 11 heteroatoms. The van der Waals surface area contributed by atoms with Crippen molar-refractivity contribution in [3.05, 3.63) is 0 Å². The highest BCUT2D eigenvalue weighted by Gasteiger charge is 2.47. The summed E-state index contributed by atoms with van der Waals surface area (Å²) in [5, 5.41) is 9.46. The van der Waals surface area contributed by atoms with Crippen LogP contribution in [-0.2, 0) is 24.0 Å². The molecule has 0 radical (unpaired) electrons. The number of nitrogens with two attached hydrogens (primary N) is 1. The second-order valence-corrected chi connectivity index (χ2v) is 9.89. The molecular weight excluding hydrogens is 442 g/mol. The zero-order valence-corrected chi connectivity index (χ0v) is 19.7. The van der Waals surface area contributed by atoms with Gasteiger partial charge in [0.2, 0.25) is 23.6 Å². The summed E-state index contributed by atoms with van der Waals surface area (Å²) >= 11 is 0. The van der Waals surface area contributed by atoms with Gasteiger partial charge in [0.15, 0.2) is 0 Å². The van der Waals surface area contributed by atoms with Gasteiger partial charge in [-0.05, 0) is 58.3 Å². The van der Waals surface area contributed by atoms with Crippen molar-refractivity contribution in [3.63, 3.8) is 0 Å². The van der Waals surface area contributed by atoms with Crippen molar-refractivity contribution >= 4 is 29.6 Å². The van der Waals surface area contributed by atoms with Gasteiger partial charge in [-0.3, -0.25) is 19.2 Å². The van der Waals surface area contributed by atoms with Gasteiger partial charge in [-0.1, -0.05) is 0 Å². The molecule has 11 nitrogen and oxygen atoms in total. The molecule has 0 bridgehead atoms. The lowest BCUT2D eigenvalue weighted by Crippen LogP contribution is -2.57. The maximum Gasteiger partial charge on any atom is 0.326 e. The summed E-state index contributed by atoms with van der Waals surface area (Å²) in [5.41, 5.74) is 5.76. The van der Waals surface area contributed by atoms with Gasteiger partial charge in [0.25, 0.3) is 0 Å². The summed E-state index contributed by atoms with van der Waals surface area (Å²) in [5.74, 6) is -2.07. The number of rotatable bonds is 5. The third-order valence-electron chi connectivity index (χ3n) is 7.67. The summed E-state index contributed by atoms with van der Waals surface area (Å²) in [6, 6.07) is -3.49. The number of carboxylic acids is 1. The van der Waals surface area contributed by atoms with Gasteiger partial charge in [0.05, 0.1) is 6.04 Å². The van der Waals surface area contributed by atoms with Crippen molar-refractivity contribution in [2.24, 2.45) is 5.73 Å². The number of aliphatic carboxylic acids is 1. The van der Waals surface area contributed by atoms with Gasteiger partial charge in [0, 0.05) is 26.2 Å². The zero-order chi connectivity index (χ0) is 24.6.